The third kappa shape index (κ3) is 5.49. The lowest BCUT2D eigenvalue weighted by molar-refractivity contribution is -0.123. The van der Waals surface area contributed by atoms with Crippen LogP contribution in [0.25, 0.3) is 0 Å². The average molecular weight is 285 g/mol. The third-order valence-electron chi connectivity index (χ3n) is 3.17. The molecule has 0 saturated heterocycles. The molecule has 5 heteroatoms. The van der Waals surface area contributed by atoms with Crippen molar-refractivity contribution in [3.8, 4) is 0 Å². The summed E-state index contributed by atoms with van der Waals surface area (Å²) in [6.45, 7) is 0.124. The minimum atomic E-state index is -0.119. The molecule has 19 heavy (non-hydrogen) atoms. The molecular formula is C14H21ClN2O2. The molecule has 1 aromatic carbocycles. The number of nitrogens with two attached hydrogens (primary N) is 1. The van der Waals surface area contributed by atoms with Gasteiger partial charge in [0.2, 0.25) is 5.91 Å². The first-order valence-electron chi connectivity index (χ1n) is 6.51. The van der Waals surface area contributed by atoms with Gasteiger partial charge in [0.15, 0.2) is 0 Å². The normalized spacial score (nSPS) is 15.6. The first-order chi connectivity index (χ1) is 8.74. The summed E-state index contributed by atoms with van der Waals surface area (Å²) in [5.41, 5.74) is 7.00. The number of rotatable bonds is 4. The first-order valence-corrected chi connectivity index (χ1v) is 6.51. The summed E-state index contributed by atoms with van der Waals surface area (Å²) in [6.07, 6.45) is 6.11. The van der Waals surface area contributed by atoms with Crippen molar-refractivity contribution in [2.45, 2.75) is 38.2 Å². The molecule has 4 nitrogen and oxygen atoms in total. The quantitative estimate of drug-likeness (QED) is 0.836. The smallest absolute Gasteiger partial charge is 0.250 e. The van der Waals surface area contributed by atoms with E-state index in [0.29, 0.717) is 11.4 Å². The maximum absolute atomic E-state index is 11.7. The van der Waals surface area contributed by atoms with Crippen LogP contribution in [0.4, 0.5) is 11.4 Å². The maximum atomic E-state index is 11.7. The number of carbonyl (C=O) groups is 1. The van der Waals surface area contributed by atoms with Gasteiger partial charge in [-0.3, -0.25) is 4.79 Å². The molecule has 1 saturated carbocycles. The molecule has 0 bridgehead atoms. The Balaban J connectivity index is 0.00000180. The highest BCUT2D eigenvalue weighted by Crippen LogP contribution is 2.20. The molecule has 0 spiro atoms. The number of benzene rings is 1. The van der Waals surface area contributed by atoms with Crippen molar-refractivity contribution in [3.63, 3.8) is 0 Å². The maximum Gasteiger partial charge on any atom is 0.250 e. The van der Waals surface area contributed by atoms with Crippen LogP contribution in [0.2, 0.25) is 0 Å². The van der Waals surface area contributed by atoms with E-state index >= 15 is 0 Å². The van der Waals surface area contributed by atoms with Crippen molar-refractivity contribution < 1.29 is 9.53 Å². The van der Waals surface area contributed by atoms with Gasteiger partial charge < -0.3 is 15.8 Å². The van der Waals surface area contributed by atoms with Crippen molar-refractivity contribution >= 4 is 29.7 Å². The Labute approximate surface area is 120 Å². The first kappa shape index (κ1) is 15.8. The van der Waals surface area contributed by atoms with E-state index in [1.807, 2.05) is 12.1 Å². The van der Waals surface area contributed by atoms with E-state index in [-0.39, 0.29) is 31.0 Å². The lowest BCUT2D eigenvalue weighted by Gasteiger charge is -2.21. The van der Waals surface area contributed by atoms with Gasteiger partial charge in [-0.05, 0) is 31.0 Å². The van der Waals surface area contributed by atoms with Crippen LogP contribution in [0.15, 0.2) is 24.3 Å². The zero-order valence-corrected chi connectivity index (χ0v) is 11.7. The van der Waals surface area contributed by atoms with Crippen molar-refractivity contribution in [1.29, 1.82) is 0 Å². The van der Waals surface area contributed by atoms with Crippen LogP contribution < -0.4 is 11.1 Å². The number of halogens is 1. The van der Waals surface area contributed by atoms with Crippen LogP contribution in [0.1, 0.15) is 32.1 Å². The average Bonchev–Trinajstić information content (AvgIpc) is 2.38. The zero-order chi connectivity index (χ0) is 12.8. The summed E-state index contributed by atoms with van der Waals surface area (Å²) in [7, 11) is 0. The largest absolute Gasteiger partial charge is 0.399 e. The van der Waals surface area contributed by atoms with Crippen molar-refractivity contribution in [1.82, 2.24) is 0 Å². The van der Waals surface area contributed by atoms with Gasteiger partial charge in [0.25, 0.3) is 0 Å². The molecular weight excluding hydrogens is 264 g/mol. The second-order valence-corrected chi connectivity index (χ2v) is 4.74. The van der Waals surface area contributed by atoms with Crippen LogP contribution in [0.3, 0.4) is 0 Å². The molecule has 106 valence electrons. The van der Waals surface area contributed by atoms with Crippen LogP contribution in [-0.4, -0.2) is 18.6 Å². The fourth-order valence-electron chi connectivity index (χ4n) is 2.24. The molecule has 1 aliphatic rings. The predicted octanol–water partition coefficient (Wildman–Crippen LogP) is 2.98. The van der Waals surface area contributed by atoms with E-state index in [1.165, 1.54) is 19.3 Å². The Morgan fingerprint density at radius 1 is 1.32 bits per heavy atom. The molecule has 0 aliphatic heterocycles. The Kier molecular flexibility index (Phi) is 6.67. The number of anilines is 2. The predicted molar refractivity (Wildman–Crippen MR) is 79.6 cm³/mol. The second kappa shape index (κ2) is 8.02. The Morgan fingerprint density at radius 2 is 2.05 bits per heavy atom. The highest BCUT2D eigenvalue weighted by Gasteiger charge is 2.15. The Morgan fingerprint density at radius 3 is 2.74 bits per heavy atom. The Bertz CT molecular complexity index is 406. The fourth-order valence-corrected chi connectivity index (χ4v) is 2.24. The van der Waals surface area contributed by atoms with Gasteiger partial charge in [0, 0.05) is 11.4 Å². The SMILES string of the molecule is Cl.Nc1cccc(NC(=O)COC2CCCCC2)c1. The van der Waals surface area contributed by atoms with Crippen LogP contribution >= 0.6 is 12.4 Å². The summed E-state index contributed by atoms with van der Waals surface area (Å²) < 4.78 is 5.60. The number of nitrogens with one attached hydrogen (secondary N) is 1. The third-order valence-corrected chi connectivity index (χ3v) is 3.17. The van der Waals surface area contributed by atoms with Gasteiger partial charge in [-0.25, -0.2) is 0 Å². The number of carbonyl (C=O) groups excluding carboxylic acids is 1. The van der Waals surface area contributed by atoms with Crippen LogP contribution in [-0.2, 0) is 9.53 Å². The molecule has 0 aromatic heterocycles. The number of hydrogen-bond donors (Lipinski definition) is 2. The minimum Gasteiger partial charge on any atom is -0.399 e. The molecule has 1 amide bonds. The van der Waals surface area contributed by atoms with E-state index < -0.39 is 0 Å². The minimum absolute atomic E-state index is 0. The van der Waals surface area contributed by atoms with Gasteiger partial charge >= 0.3 is 0 Å². The molecule has 0 unspecified atom stereocenters. The highest BCUT2D eigenvalue weighted by atomic mass is 35.5. The summed E-state index contributed by atoms with van der Waals surface area (Å²) in [5.74, 6) is -0.119. The highest BCUT2D eigenvalue weighted by molar-refractivity contribution is 5.92. The van der Waals surface area contributed by atoms with Gasteiger partial charge in [0.05, 0.1) is 6.10 Å². The molecule has 1 fully saturated rings. The monoisotopic (exact) mass is 284 g/mol. The summed E-state index contributed by atoms with van der Waals surface area (Å²) in [4.78, 5) is 11.7. The van der Waals surface area contributed by atoms with Gasteiger partial charge in [-0.2, -0.15) is 0 Å². The van der Waals surface area contributed by atoms with E-state index in [4.69, 9.17) is 10.5 Å². The lowest BCUT2D eigenvalue weighted by atomic mass is 9.98. The van der Waals surface area contributed by atoms with Crippen LogP contribution in [0, 0.1) is 0 Å². The second-order valence-electron chi connectivity index (χ2n) is 4.74. The van der Waals surface area contributed by atoms with E-state index in [9.17, 15) is 4.79 Å². The number of nitrogen functional groups attached to an aromatic ring is 1. The molecule has 0 atom stereocenters. The molecule has 0 radical (unpaired) electrons. The van der Waals surface area contributed by atoms with Crippen LogP contribution in [0.5, 0.6) is 0 Å². The molecule has 3 N–H and O–H groups in total. The summed E-state index contributed by atoms with van der Waals surface area (Å²) in [5, 5.41) is 2.78. The molecule has 1 aliphatic carbocycles. The van der Waals surface area contributed by atoms with Crippen molar-refractivity contribution in [2.24, 2.45) is 0 Å². The molecule has 0 heterocycles. The number of ether oxygens (including phenoxy) is 1. The Hall–Kier alpha value is -1.26. The number of amides is 1. The topological polar surface area (TPSA) is 64.3 Å². The standard InChI is InChI=1S/C14H20N2O2.ClH/c15-11-5-4-6-12(9-11)16-14(17)10-18-13-7-2-1-3-8-13;/h4-6,9,13H,1-3,7-8,10,15H2,(H,16,17);1H. The lowest BCUT2D eigenvalue weighted by Crippen LogP contribution is -2.24. The summed E-state index contributed by atoms with van der Waals surface area (Å²) >= 11 is 0. The number of hydrogen-bond acceptors (Lipinski definition) is 3. The zero-order valence-electron chi connectivity index (χ0n) is 10.9. The van der Waals surface area contributed by atoms with E-state index in [0.717, 1.165) is 12.8 Å². The van der Waals surface area contributed by atoms with E-state index in [1.54, 1.807) is 12.1 Å². The van der Waals surface area contributed by atoms with Crippen molar-refractivity contribution in [2.75, 3.05) is 17.7 Å². The van der Waals surface area contributed by atoms with Gasteiger partial charge in [0.1, 0.15) is 6.61 Å². The van der Waals surface area contributed by atoms with Gasteiger partial charge in [-0.1, -0.05) is 25.3 Å². The summed E-state index contributed by atoms with van der Waals surface area (Å²) in [6, 6.07) is 7.15. The fraction of sp³-hybridized carbons (Fsp3) is 0.500. The van der Waals surface area contributed by atoms with Gasteiger partial charge in [-0.15, -0.1) is 12.4 Å². The molecule has 2 rings (SSSR count). The molecule has 1 aromatic rings. The van der Waals surface area contributed by atoms with E-state index in [2.05, 4.69) is 5.32 Å². The van der Waals surface area contributed by atoms with Crippen molar-refractivity contribution in [3.05, 3.63) is 24.3 Å².